The van der Waals surface area contributed by atoms with Gasteiger partial charge in [0.1, 0.15) is 0 Å². The van der Waals surface area contributed by atoms with Gasteiger partial charge in [0.05, 0.1) is 0 Å². The van der Waals surface area contributed by atoms with E-state index in [-0.39, 0.29) is 12.5 Å². The number of carboxylic acid groups (broad SMARTS) is 1. The van der Waals surface area contributed by atoms with Crippen LogP contribution in [0.3, 0.4) is 0 Å². The number of hydrogen-bond donors (Lipinski definition) is 2. The number of aliphatic carboxylic acids is 1. The largest absolute Gasteiger partial charge is 0.481 e. The third kappa shape index (κ3) is 5.07. The Hall–Kier alpha value is -1.35. The number of hydrogen-bond acceptors (Lipinski definition) is 2. The molecule has 0 amide bonds. The van der Waals surface area contributed by atoms with E-state index in [1.807, 2.05) is 0 Å². The van der Waals surface area contributed by atoms with Gasteiger partial charge in [-0.15, -0.1) is 0 Å². The summed E-state index contributed by atoms with van der Waals surface area (Å²) in [6.45, 7) is 7.06. The van der Waals surface area contributed by atoms with E-state index >= 15 is 0 Å². The Labute approximate surface area is 140 Å². The summed E-state index contributed by atoms with van der Waals surface area (Å²) in [6, 6.07) is 8.36. The Kier molecular flexibility index (Phi) is 5.85. The molecule has 0 heterocycles. The maximum Gasteiger partial charge on any atom is 0.303 e. The zero-order valence-electron chi connectivity index (χ0n) is 14.7. The summed E-state index contributed by atoms with van der Waals surface area (Å²) in [4.78, 5) is 10.6. The minimum atomic E-state index is -0.785. The fraction of sp³-hybridized carbons (Fsp3) is 0.650. The van der Waals surface area contributed by atoms with Gasteiger partial charge in [0, 0.05) is 12.5 Å². The van der Waals surface area contributed by atoms with Crippen LogP contribution in [0.25, 0.3) is 0 Å². The van der Waals surface area contributed by atoms with Crippen LogP contribution in [0, 0.1) is 11.3 Å². The molecule has 1 atom stereocenters. The van der Waals surface area contributed by atoms with Gasteiger partial charge in [0.15, 0.2) is 0 Å². The minimum absolute atomic E-state index is 0.125. The maximum absolute atomic E-state index is 10.6. The van der Waals surface area contributed by atoms with Crippen molar-refractivity contribution >= 4 is 5.97 Å². The summed E-state index contributed by atoms with van der Waals surface area (Å²) in [5.74, 6) is 0.716. The highest BCUT2D eigenvalue weighted by atomic mass is 16.4. The average molecular weight is 317 g/mol. The van der Waals surface area contributed by atoms with E-state index in [0.29, 0.717) is 17.8 Å². The van der Waals surface area contributed by atoms with Crippen molar-refractivity contribution in [2.45, 2.75) is 71.3 Å². The molecule has 0 aliphatic heterocycles. The topological polar surface area (TPSA) is 63.3 Å². The van der Waals surface area contributed by atoms with Crippen LogP contribution in [0.15, 0.2) is 24.3 Å². The first-order chi connectivity index (χ1) is 10.8. The molecule has 0 aromatic heterocycles. The van der Waals surface area contributed by atoms with Gasteiger partial charge in [-0.3, -0.25) is 4.79 Å². The number of carbonyl (C=O) groups is 1. The van der Waals surface area contributed by atoms with Crippen molar-refractivity contribution in [3.05, 3.63) is 35.4 Å². The molecule has 1 aliphatic rings. The van der Waals surface area contributed by atoms with Gasteiger partial charge in [-0.25, -0.2) is 0 Å². The molecular weight excluding hydrogens is 286 g/mol. The summed E-state index contributed by atoms with van der Waals surface area (Å²) in [6.07, 6.45) is 5.78. The third-order valence-electron chi connectivity index (χ3n) is 5.46. The fourth-order valence-electron chi connectivity index (χ4n) is 3.75. The molecule has 3 N–H and O–H groups in total. The van der Waals surface area contributed by atoms with Crippen LogP contribution in [-0.4, -0.2) is 11.1 Å². The molecule has 3 nitrogen and oxygen atoms in total. The quantitative estimate of drug-likeness (QED) is 0.814. The van der Waals surface area contributed by atoms with Crippen LogP contribution in [0.4, 0.5) is 0 Å². The molecule has 2 rings (SSSR count). The van der Waals surface area contributed by atoms with E-state index < -0.39 is 5.97 Å². The molecule has 1 fully saturated rings. The molecule has 0 spiro atoms. The van der Waals surface area contributed by atoms with Crippen LogP contribution < -0.4 is 5.73 Å². The second-order valence-electron chi connectivity index (χ2n) is 8.12. The molecule has 128 valence electrons. The summed E-state index contributed by atoms with van der Waals surface area (Å²) in [5.41, 5.74) is 8.95. The Morgan fingerprint density at radius 3 is 2.22 bits per heavy atom. The van der Waals surface area contributed by atoms with E-state index in [9.17, 15) is 4.79 Å². The smallest absolute Gasteiger partial charge is 0.303 e. The van der Waals surface area contributed by atoms with E-state index in [2.05, 4.69) is 45.0 Å². The molecule has 0 saturated heterocycles. The molecular formula is C20H31NO2. The van der Waals surface area contributed by atoms with Crippen LogP contribution in [-0.2, 0) is 4.79 Å². The van der Waals surface area contributed by atoms with Crippen molar-refractivity contribution in [3.63, 3.8) is 0 Å². The highest BCUT2D eigenvalue weighted by Gasteiger charge is 2.30. The first-order valence-corrected chi connectivity index (χ1v) is 8.84. The zero-order chi connectivity index (χ0) is 17.0. The predicted octanol–water partition coefficient (Wildman–Crippen LogP) is 4.87. The summed E-state index contributed by atoms with van der Waals surface area (Å²) >= 11 is 0. The molecule has 23 heavy (non-hydrogen) atoms. The van der Waals surface area contributed by atoms with Gasteiger partial charge < -0.3 is 10.8 Å². The van der Waals surface area contributed by atoms with Gasteiger partial charge in [-0.2, -0.15) is 0 Å². The van der Waals surface area contributed by atoms with Gasteiger partial charge in [-0.05, 0) is 60.5 Å². The Morgan fingerprint density at radius 1 is 1.17 bits per heavy atom. The van der Waals surface area contributed by atoms with Gasteiger partial charge in [0.2, 0.25) is 0 Å². The molecule has 1 unspecified atom stereocenters. The van der Waals surface area contributed by atoms with Gasteiger partial charge in [-0.1, -0.05) is 45.0 Å². The van der Waals surface area contributed by atoms with E-state index in [4.69, 9.17) is 10.8 Å². The first-order valence-electron chi connectivity index (χ1n) is 8.84. The second kappa shape index (κ2) is 7.48. The number of carboxylic acids is 1. The van der Waals surface area contributed by atoms with Gasteiger partial charge >= 0.3 is 5.97 Å². The van der Waals surface area contributed by atoms with Crippen LogP contribution in [0.2, 0.25) is 0 Å². The van der Waals surface area contributed by atoms with Crippen molar-refractivity contribution in [1.29, 1.82) is 0 Å². The zero-order valence-corrected chi connectivity index (χ0v) is 14.7. The van der Waals surface area contributed by atoms with E-state index in [0.717, 1.165) is 11.5 Å². The average Bonchev–Trinajstić information content (AvgIpc) is 2.52. The lowest BCUT2D eigenvalue weighted by Gasteiger charge is -2.37. The Bertz CT molecular complexity index is 507. The highest BCUT2D eigenvalue weighted by molar-refractivity contribution is 5.66. The molecule has 1 saturated carbocycles. The molecule has 3 heteroatoms. The normalized spacial score (nSPS) is 23.5. The lowest BCUT2D eigenvalue weighted by Crippen LogP contribution is -2.25. The molecule has 1 aliphatic carbocycles. The van der Waals surface area contributed by atoms with Crippen molar-refractivity contribution in [2.24, 2.45) is 17.1 Å². The van der Waals surface area contributed by atoms with Crippen molar-refractivity contribution in [3.8, 4) is 0 Å². The molecule has 0 radical (unpaired) electrons. The summed E-state index contributed by atoms with van der Waals surface area (Å²) < 4.78 is 0. The molecule has 1 aromatic carbocycles. The first kappa shape index (κ1) is 18.0. The standard InChI is InChI=1S/C20H31NO2/c1-20(2,3)17-10-8-15(9-11-17)14-4-6-16(7-5-14)18(21)12-13-19(22)23/h4-7,15,17-18H,8-13,21H2,1-3H3,(H,22,23). The Balaban J connectivity index is 1.92. The molecule has 1 aromatic rings. The lowest BCUT2D eigenvalue weighted by molar-refractivity contribution is -0.137. The number of rotatable bonds is 5. The maximum atomic E-state index is 10.6. The van der Waals surface area contributed by atoms with Crippen molar-refractivity contribution in [2.75, 3.05) is 0 Å². The summed E-state index contributed by atoms with van der Waals surface area (Å²) in [7, 11) is 0. The number of nitrogens with two attached hydrogens (primary N) is 1. The number of benzene rings is 1. The second-order valence-corrected chi connectivity index (χ2v) is 8.12. The molecule has 0 bridgehead atoms. The minimum Gasteiger partial charge on any atom is -0.481 e. The summed E-state index contributed by atoms with van der Waals surface area (Å²) in [5, 5.41) is 8.75. The van der Waals surface area contributed by atoms with Crippen molar-refractivity contribution < 1.29 is 9.90 Å². The van der Waals surface area contributed by atoms with Gasteiger partial charge in [0.25, 0.3) is 0 Å². The monoisotopic (exact) mass is 317 g/mol. The van der Waals surface area contributed by atoms with Crippen molar-refractivity contribution in [1.82, 2.24) is 0 Å². The van der Waals surface area contributed by atoms with Crippen LogP contribution in [0.5, 0.6) is 0 Å². The predicted molar refractivity (Wildman–Crippen MR) is 94.4 cm³/mol. The Morgan fingerprint density at radius 2 is 1.74 bits per heavy atom. The fourth-order valence-corrected chi connectivity index (χ4v) is 3.75. The van der Waals surface area contributed by atoms with E-state index in [1.54, 1.807) is 0 Å². The lowest BCUT2D eigenvalue weighted by atomic mass is 9.68. The third-order valence-corrected chi connectivity index (χ3v) is 5.46. The van der Waals surface area contributed by atoms with E-state index in [1.165, 1.54) is 31.2 Å². The van der Waals surface area contributed by atoms with Crippen LogP contribution in [0.1, 0.15) is 82.4 Å². The highest BCUT2D eigenvalue weighted by Crippen LogP contribution is 2.43. The SMILES string of the molecule is CC(C)(C)C1CCC(c2ccc(C(N)CCC(=O)O)cc2)CC1. The van der Waals surface area contributed by atoms with Crippen LogP contribution >= 0.6 is 0 Å².